The van der Waals surface area contributed by atoms with E-state index >= 15 is 0 Å². The molecule has 0 aliphatic carbocycles. The summed E-state index contributed by atoms with van der Waals surface area (Å²) in [5.74, 6) is -5.09. The molecule has 15 heteroatoms. The quantitative estimate of drug-likeness (QED) is 0.325. The predicted molar refractivity (Wildman–Crippen MR) is 111 cm³/mol. The highest BCUT2D eigenvalue weighted by atomic mass is 32.2. The van der Waals surface area contributed by atoms with E-state index < -0.39 is 66.0 Å². The zero-order valence-corrected chi connectivity index (χ0v) is 18.6. The smallest absolute Gasteiger partial charge is 0.406 e. The average molecular weight is 537 g/mol. The Hall–Kier alpha value is -2.85. The van der Waals surface area contributed by atoms with Gasteiger partial charge in [-0.2, -0.15) is 0 Å². The number of nitrogens with zero attached hydrogens (tertiary/aromatic N) is 3. The van der Waals surface area contributed by atoms with Crippen molar-refractivity contribution in [2.75, 3.05) is 6.61 Å². The van der Waals surface area contributed by atoms with Gasteiger partial charge in [0.1, 0.15) is 41.2 Å². The van der Waals surface area contributed by atoms with Crippen LogP contribution in [0.5, 0.6) is 5.75 Å². The summed E-state index contributed by atoms with van der Waals surface area (Å²) in [6.07, 6.45) is -8.08. The topological polar surface area (TPSA) is 110 Å². The van der Waals surface area contributed by atoms with Gasteiger partial charge < -0.3 is 24.8 Å². The molecule has 194 valence electrons. The fourth-order valence-corrected chi connectivity index (χ4v) is 4.72. The van der Waals surface area contributed by atoms with E-state index in [1.54, 1.807) is 0 Å². The molecule has 0 bridgehead atoms. The van der Waals surface area contributed by atoms with E-state index in [9.17, 15) is 41.7 Å². The molecule has 0 saturated carbocycles. The number of aliphatic hydroxyl groups is 3. The third-order valence-electron chi connectivity index (χ3n) is 5.24. The first-order chi connectivity index (χ1) is 17.0. The van der Waals surface area contributed by atoms with Crippen LogP contribution in [0.2, 0.25) is 0 Å². The maximum atomic E-state index is 13.6. The van der Waals surface area contributed by atoms with E-state index in [0.717, 1.165) is 34.8 Å². The van der Waals surface area contributed by atoms with Crippen LogP contribution in [0.15, 0.2) is 47.5 Å². The minimum absolute atomic E-state index is 0.111. The van der Waals surface area contributed by atoms with E-state index in [2.05, 4.69) is 15.0 Å². The van der Waals surface area contributed by atoms with Crippen LogP contribution in [0.3, 0.4) is 0 Å². The summed E-state index contributed by atoms with van der Waals surface area (Å²) in [5.41, 5.74) is -1.48. The molecule has 1 aromatic heterocycles. The highest BCUT2D eigenvalue weighted by molar-refractivity contribution is 7.99. The number of ether oxygens (including phenoxy) is 2. The monoisotopic (exact) mass is 537 g/mol. The van der Waals surface area contributed by atoms with Crippen molar-refractivity contribution in [1.29, 1.82) is 0 Å². The van der Waals surface area contributed by atoms with Crippen LogP contribution in [0, 0.1) is 17.5 Å². The summed E-state index contributed by atoms with van der Waals surface area (Å²) < 4.78 is 88.5. The van der Waals surface area contributed by atoms with E-state index in [0.29, 0.717) is 12.1 Å². The maximum Gasteiger partial charge on any atom is 0.573 e. The van der Waals surface area contributed by atoms with E-state index in [1.165, 1.54) is 12.1 Å². The largest absolute Gasteiger partial charge is 0.573 e. The first-order valence-electron chi connectivity index (χ1n) is 10.2. The summed E-state index contributed by atoms with van der Waals surface area (Å²) in [7, 11) is 0. The Bertz CT molecular complexity index is 1210. The SMILES string of the molecule is OCC1O[C@H](Sc2cccc(OC(F)(F)F)c2)C(O)[C@@H](n2cc(-c3cc(F)c(F)c(F)c3)nn2)[C@H]1O. The zero-order chi connectivity index (χ0) is 26.2. The van der Waals surface area contributed by atoms with E-state index in [-0.39, 0.29) is 16.2 Å². The van der Waals surface area contributed by atoms with Gasteiger partial charge in [-0.3, -0.25) is 0 Å². The Balaban J connectivity index is 1.60. The Morgan fingerprint density at radius 2 is 1.75 bits per heavy atom. The summed E-state index contributed by atoms with van der Waals surface area (Å²) in [5, 5.41) is 38.8. The van der Waals surface area contributed by atoms with E-state index in [1.807, 2.05) is 0 Å². The minimum atomic E-state index is -4.91. The molecule has 1 saturated heterocycles. The van der Waals surface area contributed by atoms with Gasteiger partial charge in [-0.1, -0.05) is 23.0 Å². The standard InChI is InChI=1S/C21H17F6N3O5S/c22-12-4-9(5-13(23)16(12)24)14-7-30(29-28-14)17-18(32)15(8-31)34-20(19(17)33)36-11-3-1-2-10(6-11)35-21(25,26)27/h1-7,15,17-20,31-33H,8H2/t15?,17-,18-,19?,20+/m0/s1. The molecular formula is C21H17F6N3O5S. The average Bonchev–Trinajstić information content (AvgIpc) is 3.28. The zero-order valence-electron chi connectivity index (χ0n) is 17.8. The Kier molecular flexibility index (Phi) is 7.47. The molecule has 2 heterocycles. The van der Waals surface area contributed by atoms with Crippen LogP contribution in [0.1, 0.15) is 6.04 Å². The van der Waals surface area contributed by atoms with Crippen molar-refractivity contribution < 1.29 is 51.1 Å². The third-order valence-corrected chi connectivity index (χ3v) is 6.38. The van der Waals surface area contributed by atoms with Crippen LogP contribution in [-0.4, -0.2) is 67.0 Å². The minimum Gasteiger partial charge on any atom is -0.406 e. The summed E-state index contributed by atoms with van der Waals surface area (Å²) in [4.78, 5) is 0.212. The van der Waals surface area contributed by atoms with Gasteiger partial charge >= 0.3 is 6.36 Å². The Morgan fingerprint density at radius 1 is 1.06 bits per heavy atom. The molecular weight excluding hydrogens is 520 g/mol. The molecule has 1 aliphatic heterocycles. The predicted octanol–water partition coefficient (Wildman–Crippen LogP) is 3.03. The third kappa shape index (κ3) is 5.59. The number of alkyl halides is 3. The maximum absolute atomic E-state index is 13.6. The lowest BCUT2D eigenvalue weighted by molar-refractivity contribution is -0.274. The van der Waals surface area contributed by atoms with Gasteiger partial charge in [0.15, 0.2) is 17.5 Å². The van der Waals surface area contributed by atoms with Gasteiger partial charge in [-0.25, -0.2) is 17.9 Å². The van der Waals surface area contributed by atoms with Crippen LogP contribution < -0.4 is 4.74 Å². The molecule has 2 aromatic carbocycles. The van der Waals surface area contributed by atoms with Crippen molar-refractivity contribution in [3.05, 3.63) is 60.0 Å². The number of aliphatic hydroxyl groups excluding tert-OH is 3. The fraction of sp³-hybridized carbons (Fsp3) is 0.333. The van der Waals surface area contributed by atoms with Crippen molar-refractivity contribution in [3.63, 3.8) is 0 Å². The first kappa shape index (κ1) is 26.2. The summed E-state index contributed by atoms with van der Waals surface area (Å²) >= 11 is 0.797. The van der Waals surface area contributed by atoms with Gasteiger partial charge in [0, 0.05) is 10.5 Å². The highest BCUT2D eigenvalue weighted by Crippen LogP contribution is 2.39. The van der Waals surface area contributed by atoms with Crippen molar-refractivity contribution in [2.24, 2.45) is 0 Å². The number of thioether (sulfide) groups is 1. The lowest BCUT2D eigenvalue weighted by Crippen LogP contribution is -2.55. The molecule has 4 rings (SSSR count). The molecule has 0 amide bonds. The van der Waals surface area contributed by atoms with Crippen LogP contribution >= 0.6 is 11.8 Å². The van der Waals surface area contributed by atoms with Crippen LogP contribution in [0.4, 0.5) is 26.3 Å². The molecule has 0 radical (unpaired) electrons. The molecule has 0 spiro atoms. The number of benzene rings is 2. The molecule has 3 aromatic rings. The van der Waals surface area contributed by atoms with Gasteiger partial charge in [-0.05, 0) is 30.3 Å². The first-order valence-corrected chi connectivity index (χ1v) is 11.1. The van der Waals surface area contributed by atoms with Gasteiger partial charge in [0.2, 0.25) is 0 Å². The molecule has 3 N–H and O–H groups in total. The second-order valence-electron chi connectivity index (χ2n) is 7.68. The number of hydrogen-bond donors (Lipinski definition) is 3. The van der Waals surface area contributed by atoms with Gasteiger partial charge in [0.25, 0.3) is 0 Å². The van der Waals surface area contributed by atoms with Crippen molar-refractivity contribution in [2.45, 2.75) is 41.0 Å². The Morgan fingerprint density at radius 3 is 2.39 bits per heavy atom. The summed E-state index contributed by atoms with van der Waals surface area (Å²) in [6, 6.07) is 4.95. The fourth-order valence-electron chi connectivity index (χ4n) is 3.61. The molecule has 5 atom stereocenters. The van der Waals surface area contributed by atoms with Crippen molar-refractivity contribution >= 4 is 11.8 Å². The van der Waals surface area contributed by atoms with Crippen molar-refractivity contribution in [3.8, 4) is 17.0 Å². The number of aromatic nitrogens is 3. The highest BCUT2D eigenvalue weighted by Gasteiger charge is 2.46. The summed E-state index contributed by atoms with van der Waals surface area (Å²) in [6.45, 7) is -0.686. The molecule has 36 heavy (non-hydrogen) atoms. The van der Waals surface area contributed by atoms with Crippen LogP contribution in [0.25, 0.3) is 11.3 Å². The number of halogens is 6. The second kappa shape index (κ2) is 10.3. The molecule has 1 fully saturated rings. The number of rotatable bonds is 6. The molecule has 8 nitrogen and oxygen atoms in total. The second-order valence-corrected chi connectivity index (χ2v) is 8.85. The van der Waals surface area contributed by atoms with Gasteiger partial charge in [0.05, 0.1) is 12.8 Å². The molecule has 1 aliphatic rings. The Labute approximate surface area is 203 Å². The van der Waals surface area contributed by atoms with Crippen molar-refractivity contribution in [1.82, 2.24) is 15.0 Å². The normalized spacial score (nSPS) is 24.6. The number of hydrogen-bond acceptors (Lipinski definition) is 8. The van der Waals surface area contributed by atoms with E-state index in [4.69, 9.17) is 4.74 Å². The molecule has 2 unspecified atom stereocenters. The van der Waals surface area contributed by atoms with Crippen LogP contribution in [-0.2, 0) is 4.74 Å². The lowest BCUT2D eigenvalue weighted by Gasteiger charge is -2.41. The van der Waals surface area contributed by atoms with Gasteiger partial charge in [-0.15, -0.1) is 18.3 Å². The lowest BCUT2D eigenvalue weighted by atomic mass is 9.97.